The van der Waals surface area contributed by atoms with Gasteiger partial charge in [-0.15, -0.1) is 0 Å². The molecule has 1 aromatic rings. The van der Waals surface area contributed by atoms with Crippen LogP contribution in [0, 0.1) is 0 Å². The summed E-state index contributed by atoms with van der Waals surface area (Å²) in [6.07, 6.45) is -1.55. The summed E-state index contributed by atoms with van der Waals surface area (Å²) in [5, 5.41) is 20.1. The summed E-state index contributed by atoms with van der Waals surface area (Å²) in [6, 6.07) is 5.02. The van der Waals surface area contributed by atoms with E-state index < -0.39 is 28.1 Å². The van der Waals surface area contributed by atoms with E-state index in [2.05, 4.69) is 0 Å². The first kappa shape index (κ1) is 17.7. The fraction of sp³-hybridized carbons (Fsp3) is 0.500. The van der Waals surface area contributed by atoms with Crippen molar-refractivity contribution in [2.75, 3.05) is 5.75 Å². The largest absolute Gasteiger partial charge is 0.393 e. The lowest BCUT2D eigenvalue weighted by atomic mass is 10.0. The second-order valence-electron chi connectivity index (χ2n) is 4.57. The van der Waals surface area contributed by atoms with Crippen LogP contribution in [0.2, 0.25) is 10.0 Å². The molecule has 0 aliphatic heterocycles. The van der Waals surface area contributed by atoms with Gasteiger partial charge in [0.1, 0.15) is 5.75 Å². The lowest BCUT2D eigenvalue weighted by Gasteiger charge is -2.15. The summed E-state index contributed by atoms with van der Waals surface area (Å²) in [4.78, 5) is 0. The van der Waals surface area contributed by atoms with Crippen molar-refractivity contribution in [3.8, 4) is 0 Å². The first-order valence-electron chi connectivity index (χ1n) is 5.92. The Kier molecular flexibility index (Phi) is 6.71. The van der Waals surface area contributed by atoms with Crippen LogP contribution < -0.4 is 0 Å². The molecular weight excluding hydrogens is 327 g/mol. The van der Waals surface area contributed by atoms with Crippen molar-refractivity contribution >= 4 is 33.3 Å². The third-order valence-electron chi connectivity index (χ3n) is 2.71. The normalized spacial score (nSPS) is 15.1. The highest BCUT2D eigenvalue weighted by Crippen LogP contribution is 2.22. The zero-order chi connectivity index (χ0) is 15.3. The summed E-state index contributed by atoms with van der Waals surface area (Å²) >= 11 is 11.7. The van der Waals surface area contributed by atoms with Crippen molar-refractivity contribution in [3.05, 3.63) is 33.8 Å². The van der Waals surface area contributed by atoms with Gasteiger partial charge in [0.05, 0.1) is 12.2 Å². The smallest absolute Gasteiger partial charge is 0.267 e. The highest BCUT2D eigenvalue weighted by atomic mass is 35.5. The van der Waals surface area contributed by atoms with Crippen LogP contribution in [-0.2, 0) is 16.5 Å². The van der Waals surface area contributed by atoms with Crippen LogP contribution in [0.5, 0.6) is 0 Å². The number of benzene rings is 1. The predicted octanol–water partition coefficient (Wildman–Crippen LogP) is 1.93. The van der Waals surface area contributed by atoms with Crippen molar-refractivity contribution in [2.24, 2.45) is 0 Å². The highest BCUT2D eigenvalue weighted by molar-refractivity contribution is 7.85. The quantitative estimate of drug-likeness (QED) is 0.658. The molecule has 1 aromatic carbocycles. The van der Waals surface area contributed by atoms with Crippen LogP contribution in [-0.4, -0.2) is 41.1 Å². The molecule has 0 bridgehead atoms. The monoisotopic (exact) mass is 342 g/mol. The average Bonchev–Trinajstić information content (AvgIpc) is 2.24. The van der Waals surface area contributed by atoms with Crippen LogP contribution in [0.15, 0.2) is 18.2 Å². The number of halogens is 2. The molecule has 0 radical (unpaired) electrons. The van der Waals surface area contributed by atoms with Crippen LogP contribution in [0.1, 0.15) is 18.4 Å². The number of hydrogen-bond acceptors (Lipinski definition) is 4. The lowest BCUT2D eigenvalue weighted by Crippen LogP contribution is -2.25. The Bertz CT molecular complexity index is 547. The van der Waals surface area contributed by atoms with Gasteiger partial charge < -0.3 is 10.2 Å². The molecule has 0 spiro atoms. The number of hydrogen-bond donors (Lipinski definition) is 3. The van der Waals surface area contributed by atoms with Crippen molar-refractivity contribution in [2.45, 2.75) is 31.5 Å². The molecule has 0 aliphatic carbocycles. The van der Waals surface area contributed by atoms with E-state index in [1.165, 1.54) is 0 Å². The van der Waals surface area contributed by atoms with Crippen LogP contribution in [0.25, 0.3) is 0 Å². The van der Waals surface area contributed by atoms with E-state index >= 15 is 0 Å². The molecule has 3 N–H and O–H groups in total. The molecule has 2 unspecified atom stereocenters. The lowest BCUT2D eigenvalue weighted by molar-refractivity contribution is 0.0861. The maximum atomic E-state index is 10.6. The Hall–Kier alpha value is -0.370. The zero-order valence-electron chi connectivity index (χ0n) is 10.5. The van der Waals surface area contributed by atoms with E-state index in [9.17, 15) is 18.6 Å². The molecule has 0 heterocycles. The molecule has 1 rings (SSSR count). The van der Waals surface area contributed by atoms with E-state index in [-0.39, 0.29) is 6.42 Å². The second kappa shape index (κ2) is 7.59. The minimum Gasteiger partial charge on any atom is -0.393 e. The molecule has 20 heavy (non-hydrogen) atoms. The molecule has 8 heteroatoms. The van der Waals surface area contributed by atoms with E-state index in [4.69, 9.17) is 27.8 Å². The fourth-order valence-corrected chi connectivity index (χ4v) is 2.91. The third-order valence-corrected chi connectivity index (χ3v) is 4.10. The first-order chi connectivity index (χ1) is 9.17. The summed E-state index contributed by atoms with van der Waals surface area (Å²) in [5.74, 6) is -0.786. The Balaban J connectivity index is 2.45. The Morgan fingerprint density at radius 3 is 2.35 bits per heavy atom. The SMILES string of the molecule is O=S(=O)(O)CC(O)CC(O)CCc1ccc(Cl)cc1Cl. The molecule has 0 aliphatic rings. The minimum atomic E-state index is -4.24. The molecule has 0 saturated carbocycles. The van der Waals surface area contributed by atoms with Gasteiger partial charge in [-0.1, -0.05) is 29.3 Å². The minimum absolute atomic E-state index is 0.134. The van der Waals surface area contributed by atoms with E-state index in [1.807, 2.05) is 0 Å². The molecule has 2 atom stereocenters. The van der Waals surface area contributed by atoms with Gasteiger partial charge >= 0.3 is 0 Å². The second-order valence-corrected chi connectivity index (χ2v) is 6.91. The summed E-state index contributed by atoms with van der Waals surface area (Å²) in [6.45, 7) is 0. The molecule has 5 nitrogen and oxygen atoms in total. The molecule has 0 amide bonds. The molecule has 0 saturated heterocycles. The van der Waals surface area contributed by atoms with Gasteiger partial charge in [0.25, 0.3) is 10.1 Å². The van der Waals surface area contributed by atoms with Gasteiger partial charge in [-0.2, -0.15) is 8.42 Å². The average molecular weight is 343 g/mol. The van der Waals surface area contributed by atoms with Gasteiger partial charge in [-0.3, -0.25) is 4.55 Å². The zero-order valence-corrected chi connectivity index (χ0v) is 12.9. The maximum absolute atomic E-state index is 10.6. The van der Waals surface area contributed by atoms with Gasteiger partial charge in [0.15, 0.2) is 0 Å². The van der Waals surface area contributed by atoms with Crippen LogP contribution in [0.4, 0.5) is 0 Å². The van der Waals surface area contributed by atoms with Crippen LogP contribution >= 0.6 is 23.2 Å². The van der Waals surface area contributed by atoms with E-state index in [0.717, 1.165) is 5.56 Å². The number of rotatable bonds is 7. The highest BCUT2D eigenvalue weighted by Gasteiger charge is 2.18. The van der Waals surface area contributed by atoms with Gasteiger partial charge in [0, 0.05) is 16.5 Å². The maximum Gasteiger partial charge on any atom is 0.267 e. The number of aliphatic hydroxyl groups excluding tert-OH is 2. The molecule has 0 fully saturated rings. The van der Waals surface area contributed by atoms with Gasteiger partial charge in [0.2, 0.25) is 0 Å². The molecule has 0 aromatic heterocycles. The van der Waals surface area contributed by atoms with Crippen LogP contribution in [0.3, 0.4) is 0 Å². The van der Waals surface area contributed by atoms with Crippen molar-refractivity contribution < 1.29 is 23.2 Å². The summed E-state index contributed by atoms with van der Waals surface area (Å²) in [5.41, 5.74) is 0.805. The van der Waals surface area contributed by atoms with E-state index in [0.29, 0.717) is 22.9 Å². The fourth-order valence-electron chi connectivity index (χ4n) is 1.79. The summed E-state index contributed by atoms with van der Waals surface area (Å²) < 4.78 is 29.7. The summed E-state index contributed by atoms with van der Waals surface area (Å²) in [7, 11) is -4.24. The topological polar surface area (TPSA) is 94.8 Å². The first-order valence-corrected chi connectivity index (χ1v) is 8.29. The predicted molar refractivity (Wildman–Crippen MR) is 77.8 cm³/mol. The molecular formula is C12H16Cl2O5S. The number of aliphatic hydroxyl groups is 2. The number of aryl methyl sites for hydroxylation is 1. The standard InChI is InChI=1S/C12H16Cl2O5S/c13-9-3-1-8(12(14)5-9)2-4-10(15)6-11(16)7-20(17,18)19/h1,3,5,10-11,15-16H,2,4,6-7H2,(H,17,18,19). The Morgan fingerprint density at radius 2 is 1.80 bits per heavy atom. The molecule has 114 valence electrons. The Labute approximate surface area is 127 Å². The van der Waals surface area contributed by atoms with E-state index in [1.54, 1.807) is 18.2 Å². The van der Waals surface area contributed by atoms with Gasteiger partial charge in [-0.25, -0.2) is 0 Å². The van der Waals surface area contributed by atoms with Crippen molar-refractivity contribution in [1.82, 2.24) is 0 Å². The van der Waals surface area contributed by atoms with Crippen molar-refractivity contribution in [3.63, 3.8) is 0 Å². The van der Waals surface area contributed by atoms with Crippen molar-refractivity contribution in [1.29, 1.82) is 0 Å². The Morgan fingerprint density at radius 1 is 1.15 bits per heavy atom. The third kappa shape index (κ3) is 6.88. The van der Waals surface area contributed by atoms with Gasteiger partial charge in [-0.05, 0) is 30.5 Å².